The molecule has 1 N–H and O–H groups in total. The van der Waals surface area contributed by atoms with E-state index in [4.69, 9.17) is 4.74 Å². The standard InChI is InChI=1S/C27H30O4/c1-27-14-13-21-20-10-8-19(31-24(26(29)30)15-17-5-3-2-4-6-17)16-18(20)7-9-22(21)23(27)11-12-25(27)28/h2-6,8,10,16,21-24H,7,9,11-15H2,1H3,(H,29,30)/t21-,22-,23+,24?,27+/m1/s1. The third-order valence-electron chi connectivity index (χ3n) is 8.22. The van der Waals surface area contributed by atoms with E-state index in [0.717, 1.165) is 44.1 Å². The molecule has 2 fully saturated rings. The van der Waals surface area contributed by atoms with Crippen LogP contribution in [0.25, 0.3) is 0 Å². The van der Waals surface area contributed by atoms with Crippen LogP contribution in [-0.2, 0) is 22.4 Å². The topological polar surface area (TPSA) is 63.6 Å². The van der Waals surface area contributed by atoms with Gasteiger partial charge in [-0.1, -0.05) is 43.3 Å². The van der Waals surface area contributed by atoms with E-state index in [1.807, 2.05) is 36.4 Å². The highest BCUT2D eigenvalue weighted by Gasteiger charge is 2.54. The van der Waals surface area contributed by atoms with Crippen molar-refractivity contribution in [2.24, 2.45) is 17.3 Å². The number of Topliss-reactive ketones (excluding diaryl/α,β-unsaturated/α-hetero) is 1. The average molecular weight is 419 g/mol. The normalized spacial score (nSPS) is 30.1. The van der Waals surface area contributed by atoms with Gasteiger partial charge in [0.05, 0.1) is 0 Å². The number of ketones is 1. The maximum absolute atomic E-state index is 12.5. The molecule has 2 saturated carbocycles. The summed E-state index contributed by atoms with van der Waals surface area (Å²) in [5.41, 5.74) is 3.52. The van der Waals surface area contributed by atoms with Crippen molar-refractivity contribution in [3.05, 3.63) is 65.2 Å². The Morgan fingerprint density at radius 2 is 1.94 bits per heavy atom. The van der Waals surface area contributed by atoms with Crippen LogP contribution in [0.5, 0.6) is 5.75 Å². The second-order valence-electron chi connectivity index (χ2n) is 9.83. The molecular weight excluding hydrogens is 388 g/mol. The van der Waals surface area contributed by atoms with Crippen molar-refractivity contribution >= 4 is 11.8 Å². The molecule has 2 aromatic rings. The molecule has 4 nitrogen and oxygen atoms in total. The number of carbonyl (C=O) groups is 2. The number of hydrogen-bond acceptors (Lipinski definition) is 3. The zero-order valence-electron chi connectivity index (χ0n) is 18.0. The first-order chi connectivity index (χ1) is 15.0. The van der Waals surface area contributed by atoms with Gasteiger partial charge in [-0.05, 0) is 78.7 Å². The number of rotatable bonds is 5. The first kappa shape index (κ1) is 20.3. The summed E-state index contributed by atoms with van der Waals surface area (Å²) in [7, 11) is 0. The first-order valence-corrected chi connectivity index (χ1v) is 11.6. The maximum atomic E-state index is 12.5. The van der Waals surface area contributed by atoms with Crippen LogP contribution in [0.1, 0.15) is 61.6 Å². The summed E-state index contributed by atoms with van der Waals surface area (Å²) in [5, 5.41) is 9.67. The highest BCUT2D eigenvalue weighted by Crippen LogP contribution is 2.59. The minimum Gasteiger partial charge on any atom is -0.478 e. The molecule has 4 heteroatoms. The Bertz CT molecular complexity index is 998. The van der Waals surface area contributed by atoms with Crippen molar-refractivity contribution in [1.29, 1.82) is 0 Å². The van der Waals surface area contributed by atoms with Crippen LogP contribution in [0, 0.1) is 17.3 Å². The quantitative estimate of drug-likeness (QED) is 0.726. The zero-order chi connectivity index (χ0) is 21.6. The number of benzene rings is 2. The minimum absolute atomic E-state index is 0.103. The Kier molecular flexibility index (Phi) is 5.11. The van der Waals surface area contributed by atoms with Gasteiger partial charge in [-0.25, -0.2) is 4.79 Å². The van der Waals surface area contributed by atoms with Gasteiger partial charge in [0.2, 0.25) is 0 Å². The highest BCUT2D eigenvalue weighted by molar-refractivity contribution is 5.87. The lowest BCUT2D eigenvalue weighted by atomic mass is 9.55. The molecule has 0 heterocycles. The monoisotopic (exact) mass is 418 g/mol. The van der Waals surface area contributed by atoms with Crippen LogP contribution in [0.4, 0.5) is 0 Å². The van der Waals surface area contributed by atoms with Gasteiger partial charge in [0, 0.05) is 18.3 Å². The number of carbonyl (C=O) groups excluding carboxylic acids is 1. The molecular formula is C27H30O4. The molecule has 0 aliphatic heterocycles. The predicted octanol–water partition coefficient (Wildman–Crippen LogP) is 5.19. The van der Waals surface area contributed by atoms with Crippen LogP contribution < -0.4 is 4.74 Å². The fraction of sp³-hybridized carbons (Fsp3) is 0.481. The summed E-state index contributed by atoms with van der Waals surface area (Å²) in [6, 6.07) is 15.8. The number of fused-ring (bicyclic) bond motifs is 5. The van der Waals surface area contributed by atoms with Crippen molar-refractivity contribution in [1.82, 2.24) is 0 Å². The van der Waals surface area contributed by atoms with Crippen molar-refractivity contribution in [3.63, 3.8) is 0 Å². The van der Waals surface area contributed by atoms with Crippen LogP contribution in [-0.4, -0.2) is 23.0 Å². The van der Waals surface area contributed by atoms with E-state index in [1.165, 1.54) is 11.1 Å². The van der Waals surface area contributed by atoms with Crippen molar-refractivity contribution in [2.75, 3.05) is 0 Å². The number of ether oxygens (including phenoxy) is 1. The number of carboxylic acid groups (broad SMARTS) is 1. The van der Waals surface area contributed by atoms with Gasteiger partial charge >= 0.3 is 5.97 Å². The SMILES string of the molecule is C[C@]12CC[C@@H]3c4ccc(OC(Cc5ccccc5)C(=O)O)cc4CC[C@H]3[C@@H]1CCC2=O. The van der Waals surface area contributed by atoms with E-state index in [1.54, 1.807) is 0 Å². The van der Waals surface area contributed by atoms with Gasteiger partial charge < -0.3 is 9.84 Å². The van der Waals surface area contributed by atoms with Crippen LogP contribution in [0.2, 0.25) is 0 Å². The van der Waals surface area contributed by atoms with E-state index in [0.29, 0.717) is 35.7 Å². The van der Waals surface area contributed by atoms with Gasteiger partial charge in [-0.2, -0.15) is 0 Å². The summed E-state index contributed by atoms with van der Waals surface area (Å²) in [5.74, 6) is 1.79. The van der Waals surface area contributed by atoms with Crippen LogP contribution in [0.15, 0.2) is 48.5 Å². The summed E-state index contributed by atoms with van der Waals surface area (Å²) in [6.07, 6.45) is 5.39. The smallest absolute Gasteiger partial charge is 0.345 e. The maximum Gasteiger partial charge on any atom is 0.345 e. The highest BCUT2D eigenvalue weighted by atomic mass is 16.5. The van der Waals surface area contributed by atoms with E-state index in [9.17, 15) is 14.7 Å². The second-order valence-corrected chi connectivity index (χ2v) is 9.83. The van der Waals surface area contributed by atoms with E-state index >= 15 is 0 Å². The summed E-state index contributed by atoms with van der Waals surface area (Å²) >= 11 is 0. The number of carboxylic acids is 1. The molecule has 0 radical (unpaired) electrons. The molecule has 1 unspecified atom stereocenters. The van der Waals surface area contributed by atoms with Gasteiger partial charge in [0.15, 0.2) is 6.10 Å². The Labute approximate surface area is 183 Å². The minimum atomic E-state index is -0.945. The molecule has 0 amide bonds. The molecule has 162 valence electrons. The van der Waals surface area contributed by atoms with Gasteiger partial charge in [0.25, 0.3) is 0 Å². The fourth-order valence-electron chi connectivity index (χ4n) is 6.57. The van der Waals surface area contributed by atoms with E-state index in [-0.39, 0.29) is 5.41 Å². The number of hydrogen-bond donors (Lipinski definition) is 1. The molecule has 3 aliphatic rings. The Balaban J connectivity index is 1.35. The largest absolute Gasteiger partial charge is 0.478 e. The summed E-state index contributed by atoms with van der Waals surface area (Å²) in [4.78, 5) is 24.3. The summed E-state index contributed by atoms with van der Waals surface area (Å²) in [6.45, 7) is 2.20. The molecule has 31 heavy (non-hydrogen) atoms. The first-order valence-electron chi connectivity index (χ1n) is 11.6. The van der Waals surface area contributed by atoms with Crippen molar-refractivity contribution < 1.29 is 19.4 Å². The Morgan fingerprint density at radius 1 is 1.13 bits per heavy atom. The lowest BCUT2D eigenvalue weighted by Crippen LogP contribution is -2.42. The molecule has 5 atom stereocenters. The molecule has 5 rings (SSSR count). The Morgan fingerprint density at radius 3 is 2.71 bits per heavy atom. The average Bonchev–Trinajstić information content (AvgIpc) is 3.08. The molecule has 3 aliphatic carbocycles. The molecule has 2 aromatic carbocycles. The van der Waals surface area contributed by atoms with Crippen molar-refractivity contribution in [3.8, 4) is 5.75 Å². The third-order valence-corrected chi connectivity index (χ3v) is 8.22. The van der Waals surface area contributed by atoms with Gasteiger partial charge in [-0.15, -0.1) is 0 Å². The van der Waals surface area contributed by atoms with Crippen LogP contribution in [0.3, 0.4) is 0 Å². The predicted molar refractivity (Wildman–Crippen MR) is 118 cm³/mol. The van der Waals surface area contributed by atoms with Crippen LogP contribution >= 0.6 is 0 Å². The molecule has 0 spiro atoms. The van der Waals surface area contributed by atoms with Crippen molar-refractivity contribution in [2.45, 2.75) is 63.9 Å². The molecule has 0 aromatic heterocycles. The van der Waals surface area contributed by atoms with Gasteiger partial charge in [-0.3, -0.25) is 4.79 Å². The summed E-state index contributed by atoms with van der Waals surface area (Å²) < 4.78 is 5.94. The second kappa shape index (κ2) is 7.81. The number of aryl methyl sites for hydroxylation is 1. The zero-order valence-corrected chi connectivity index (χ0v) is 18.0. The number of aliphatic carboxylic acids is 1. The van der Waals surface area contributed by atoms with E-state index in [2.05, 4.69) is 19.1 Å². The molecule has 0 bridgehead atoms. The molecule has 0 saturated heterocycles. The third kappa shape index (κ3) is 3.56. The Hall–Kier alpha value is -2.62. The van der Waals surface area contributed by atoms with Gasteiger partial charge in [0.1, 0.15) is 11.5 Å². The van der Waals surface area contributed by atoms with E-state index < -0.39 is 12.1 Å². The lowest BCUT2D eigenvalue weighted by Gasteiger charge is -2.48. The lowest BCUT2D eigenvalue weighted by molar-refractivity contribution is -0.145. The fourth-order valence-corrected chi connectivity index (χ4v) is 6.57.